The molecule has 0 aliphatic carbocycles. The minimum Gasteiger partial charge on any atom is -0.298 e. The number of nitrogens with one attached hydrogen (secondary N) is 2. The van der Waals surface area contributed by atoms with Crippen LogP contribution in [0.25, 0.3) is 0 Å². The molecule has 10 heteroatoms. The SMILES string of the molecule is N#Cc1ccc(NNC(=O)c2ccc(SC(F)F)cc2)c(C(F)(F)F)c1. The zero-order valence-corrected chi connectivity index (χ0v) is 13.6. The molecule has 0 fully saturated rings. The van der Waals surface area contributed by atoms with Crippen molar-refractivity contribution in [2.24, 2.45) is 0 Å². The number of nitrogens with zero attached hydrogens (tertiary/aromatic N) is 1. The van der Waals surface area contributed by atoms with Gasteiger partial charge in [0.2, 0.25) is 0 Å². The van der Waals surface area contributed by atoms with Crippen molar-refractivity contribution in [1.29, 1.82) is 5.26 Å². The highest BCUT2D eigenvalue weighted by molar-refractivity contribution is 7.99. The van der Waals surface area contributed by atoms with E-state index in [9.17, 15) is 26.7 Å². The Balaban J connectivity index is 2.11. The molecule has 0 spiro atoms. The summed E-state index contributed by atoms with van der Waals surface area (Å²) in [5.74, 6) is -3.36. The monoisotopic (exact) mass is 387 g/mol. The smallest absolute Gasteiger partial charge is 0.298 e. The van der Waals surface area contributed by atoms with Gasteiger partial charge in [0.05, 0.1) is 22.9 Å². The minimum absolute atomic E-state index is 0.0679. The lowest BCUT2D eigenvalue weighted by atomic mass is 10.1. The molecule has 0 saturated heterocycles. The zero-order valence-electron chi connectivity index (χ0n) is 12.8. The Hall–Kier alpha value is -2.80. The van der Waals surface area contributed by atoms with Crippen LogP contribution in [0.2, 0.25) is 0 Å². The van der Waals surface area contributed by atoms with Gasteiger partial charge in [0.15, 0.2) is 0 Å². The summed E-state index contributed by atoms with van der Waals surface area (Å²) in [7, 11) is 0. The summed E-state index contributed by atoms with van der Waals surface area (Å²) in [6.07, 6.45) is -4.73. The molecule has 136 valence electrons. The van der Waals surface area contributed by atoms with E-state index in [2.05, 4.69) is 10.9 Å². The van der Waals surface area contributed by atoms with Gasteiger partial charge in [-0.3, -0.25) is 15.6 Å². The van der Waals surface area contributed by atoms with Crippen molar-refractivity contribution in [2.45, 2.75) is 16.8 Å². The maximum absolute atomic E-state index is 13.0. The number of carbonyl (C=O) groups excluding carboxylic acids is 1. The number of anilines is 1. The summed E-state index contributed by atoms with van der Waals surface area (Å²) in [6, 6.07) is 9.59. The highest BCUT2D eigenvalue weighted by atomic mass is 32.2. The first-order valence-corrected chi connectivity index (χ1v) is 7.81. The van der Waals surface area contributed by atoms with Crippen LogP contribution in [0.15, 0.2) is 47.4 Å². The van der Waals surface area contributed by atoms with Crippen molar-refractivity contribution in [1.82, 2.24) is 5.43 Å². The molecule has 0 unspecified atom stereocenters. The van der Waals surface area contributed by atoms with Crippen LogP contribution >= 0.6 is 11.8 Å². The highest BCUT2D eigenvalue weighted by Gasteiger charge is 2.34. The normalized spacial score (nSPS) is 11.1. The molecule has 1 amide bonds. The highest BCUT2D eigenvalue weighted by Crippen LogP contribution is 2.35. The number of halogens is 5. The molecule has 0 bridgehead atoms. The van der Waals surface area contributed by atoms with E-state index in [4.69, 9.17) is 5.26 Å². The number of thioether (sulfide) groups is 1. The molecule has 0 aliphatic rings. The molecule has 4 nitrogen and oxygen atoms in total. The van der Waals surface area contributed by atoms with E-state index in [-0.39, 0.29) is 16.0 Å². The predicted octanol–water partition coefficient (Wildman–Crippen LogP) is 4.65. The molecule has 0 heterocycles. The molecule has 0 aromatic heterocycles. The quantitative estimate of drug-likeness (QED) is 0.445. The minimum atomic E-state index is -4.73. The van der Waals surface area contributed by atoms with Crippen molar-refractivity contribution in [2.75, 3.05) is 5.43 Å². The molecule has 0 atom stereocenters. The third-order valence-electron chi connectivity index (χ3n) is 3.11. The van der Waals surface area contributed by atoms with Crippen LogP contribution < -0.4 is 10.9 Å². The summed E-state index contributed by atoms with van der Waals surface area (Å²) in [6.45, 7) is 0. The number of hydrogen-bond donors (Lipinski definition) is 2. The lowest BCUT2D eigenvalue weighted by Crippen LogP contribution is -2.30. The van der Waals surface area contributed by atoms with Gasteiger partial charge in [0.25, 0.3) is 11.7 Å². The van der Waals surface area contributed by atoms with Crippen molar-refractivity contribution in [3.8, 4) is 6.07 Å². The van der Waals surface area contributed by atoms with E-state index in [0.29, 0.717) is 17.8 Å². The van der Waals surface area contributed by atoms with Gasteiger partial charge in [0, 0.05) is 10.5 Å². The van der Waals surface area contributed by atoms with Gasteiger partial charge in [-0.1, -0.05) is 11.8 Å². The Bertz CT molecular complexity index is 831. The number of hydrogen-bond acceptors (Lipinski definition) is 4. The van der Waals surface area contributed by atoms with E-state index in [1.165, 1.54) is 30.3 Å². The van der Waals surface area contributed by atoms with Gasteiger partial charge < -0.3 is 0 Å². The summed E-state index contributed by atoms with van der Waals surface area (Å²) in [4.78, 5) is 12.2. The van der Waals surface area contributed by atoms with E-state index < -0.39 is 29.1 Å². The van der Waals surface area contributed by atoms with E-state index in [1.807, 2.05) is 0 Å². The molecular weight excluding hydrogens is 377 g/mol. The summed E-state index contributed by atoms with van der Waals surface area (Å²) < 4.78 is 63.6. The fourth-order valence-electron chi connectivity index (χ4n) is 1.94. The topological polar surface area (TPSA) is 64.9 Å². The number of amides is 1. The molecule has 2 aromatic rings. The van der Waals surface area contributed by atoms with Gasteiger partial charge in [-0.05, 0) is 42.5 Å². The van der Waals surface area contributed by atoms with Gasteiger partial charge in [0.1, 0.15) is 0 Å². The number of alkyl halides is 5. The molecule has 0 aliphatic heterocycles. The number of carbonyl (C=O) groups is 1. The molecule has 0 saturated carbocycles. The molecular formula is C16H10F5N3OS. The number of hydrazine groups is 1. The number of benzene rings is 2. The molecule has 2 N–H and O–H groups in total. The lowest BCUT2D eigenvalue weighted by molar-refractivity contribution is -0.137. The average Bonchev–Trinajstić information content (AvgIpc) is 2.59. The Morgan fingerprint density at radius 2 is 1.77 bits per heavy atom. The standard InChI is InChI=1S/C16H10F5N3OS/c17-15(18)26-11-4-2-10(3-5-11)14(25)24-23-13-6-1-9(8-22)7-12(13)16(19,20)21/h1-7,15,23H,(H,24,25). The van der Waals surface area contributed by atoms with Crippen molar-refractivity contribution in [3.05, 3.63) is 59.2 Å². The first-order valence-electron chi connectivity index (χ1n) is 6.93. The number of nitriles is 1. The van der Waals surface area contributed by atoms with Crippen LogP contribution in [-0.2, 0) is 6.18 Å². The maximum atomic E-state index is 13.0. The zero-order chi connectivity index (χ0) is 19.3. The van der Waals surface area contributed by atoms with Crippen LogP contribution in [0, 0.1) is 11.3 Å². The molecule has 0 radical (unpaired) electrons. The fraction of sp³-hybridized carbons (Fsp3) is 0.125. The van der Waals surface area contributed by atoms with Gasteiger partial charge in [-0.2, -0.15) is 27.2 Å². The van der Waals surface area contributed by atoms with E-state index >= 15 is 0 Å². The van der Waals surface area contributed by atoms with E-state index in [1.54, 1.807) is 6.07 Å². The van der Waals surface area contributed by atoms with Gasteiger partial charge in [-0.25, -0.2) is 0 Å². The second-order valence-electron chi connectivity index (χ2n) is 4.85. The fourth-order valence-corrected chi connectivity index (χ4v) is 2.44. The lowest BCUT2D eigenvalue weighted by Gasteiger charge is -2.15. The van der Waals surface area contributed by atoms with Crippen molar-refractivity contribution < 1.29 is 26.7 Å². The Labute approximate surface area is 149 Å². The van der Waals surface area contributed by atoms with E-state index in [0.717, 1.165) is 6.07 Å². The van der Waals surface area contributed by atoms with Crippen molar-refractivity contribution in [3.63, 3.8) is 0 Å². The molecule has 26 heavy (non-hydrogen) atoms. The third-order valence-corrected chi connectivity index (χ3v) is 3.83. The van der Waals surface area contributed by atoms with Crippen molar-refractivity contribution >= 4 is 23.4 Å². The number of rotatable bonds is 5. The second kappa shape index (κ2) is 8.05. The van der Waals surface area contributed by atoms with Gasteiger partial charge >= 0.3 is 6.18 Å². The summed E-state index contributed by atoms with van der Waals surface area (Å²) in [5.41, 5.74) is 2.60. The summed E-state index contributed by atoms with van der Waals surface area (Å²) >= 11 is 0.305. The van der Waals surface area contributed by atoms with Crippen LogP contribution in [0.5, 0.6) is 0 Å². The molecule has 2 aromatic carbocycles. The van der Waals surface area contributed by atoms with Crippen LogP contribution in [0.3, 0.4) is 0 Å². The van der Waals surface area contributed by atoms with Crippen LogP contribution in [0.1, 0.15) is 21.5 Å². The summed E-state index contributed by atoms with van der Waals surface area (Å²) in [5, 5.41) is 8.71. The van der Waals surface area contributed by atoms with Crippen LogP contribution in [0.4, 0.5) is 27.6 Å². The predicted molar refractivity (Wildman–Crippen MR) is 85.6 cm³/mol. The van der Waals surface area contributed by atoms with Gasteiger partial charge in [-0.15, -0.1) is 0 Å². The Morgan fingerprint density at radius 1 is 1.12 bits per heavy atom. The first kappa shape index (κ1) is 19.5. The third kappa shape index (κ3) is 5.10. The van der Waals surface area contributed by atoms with Crippen LogP contribution in [-0.4, -0.2) is 11.7 Å². The first-order chi connectivity index (χ1) is 12.2. The molecule has 2 rings (SSSR count). The Morgan fingerprint density at radius 3 is 2.31 bits per heavy atom. The second-order valence-corrected chi connectivity index (χ2v) is 5.92. The Kier molecular flexibility index (Phi) is 6.05. The largest absolute Gasteiger partial charge is 0.418 e. The average molecular weight is 387 g/mol. The maximum Gasteiger partial charge on any atom is 0.418 e.